The number of nitrogens with zero attached hydrogens (tertiary/aromatic N) is 3. The number of aliphatic imine (C=N–C) groups is 1. The Hall–Kier alpha value is -3.54. The molecular weight excluding hydrogens is 366 g/mol. The van der Waals surface area contributed by atoms with Crippen molar-refractivity contribution in [2.24, 2.45) is 10.9 Å². The van der Waals surface area contributed by atoms with Crippen molar-refractivity contribution in [2.45, 2.75) is 20.0 Å². The van der Waals surface area contributed by atoms with Gasteiger partial charge in [-0.25, -0.2) is 4.79 Å². The van der Waals surface area contributed by atoms with Crippen molar-refractivity contribution in [1.29, 1.82) is 0 Å². The maximum absolute atomic E-state index is 13.3. The van der Waals surface area contributed by atoms with Gasteiger partial charge in [-0.1, -0.05) is 54.1 Å². The van der Waals surface area contributed by atoms with E-state index >= 15 is 0 Å². The van der Waals surface area contributed by atoms with E-state index in [2.05, 4.69) is 4.99 Å². The Morgan fingerprint density at radius 1 is 1.10 bits per heavy atom. The van der Waals surface area contributed by atoms with Gasteiger partial charge in [0.05, 0.1) is 7.11 Å². The van der Waals surface area contributed by atoms with Crippen molar-refractivity contribution < 1.29 is 18.9 Å². The maximum Gasteiger partial charge on any atom is 0.446 e. The highest BCUT2D eigenvalue weighted by atomic mass is 16.5. The molecule has 0 N–H and O–H groups in total. The zero-order valence-corrected chi connectivity index (χ0v) is 16.4. The molecule has 1 unspecified atom stereocenters. The third-order valence-corrected chi connectivity index (χ3v) is 5.13. The van der Waals surface area contributed by atoms with Crippen LogP contribution in [0.3, 0.4) is 0 Å². The molecule has 2 aromatic carbocycles. The van der Waals surface area contributed by atoms with Crippen molar-refractivity contribution in [3.05, 3.63) is 77.4 Å². The number of hydrogen-bond donors (Lipinski definition) is 0. The topological polar surface area (TPSA) is 62.0 Å². The fourth-order valence-corrected chi connectivity index (χ4v) is 3.56. The van der Waals surface area contributed by atoms with Crippen molar-refractivity contribution in [3.8, 4) is 5.75 Å². The molecule has 0 fully saturated rings. The quantitative estimate of drug-likeness (QED) is 0.738. The fraction of sp³-hybridized carbons (Fsp3) is 0.217. The highest BCUT2D eigenvalue weighted by Gasteiger charge is 2.46. The standard InChI is InChI=1S/C23H22N3O3/c1-16-9-11-17(12-10-16)14-25-21-19(7-5-13-24-21)22(27)26(23(25)28)15-18-6-3-4-8-20(18)29-2/h3-13,19H,14-15H2,1-2H3/q+1. The molecule has 2 aromatic rings. The number of amidine groups is 1. The van der Waals surface area contributed by atoms with Gasteiger partial charge in [0.15, 0.2) is 5.92 Å². The van der Waals surface area contributed by atoms with E-state index in [0.717, 1.165) is 16.7 Å². The fourth-order valence-electron chi connectivity index (χ4n) is 3.56. The van der Waals surface area contributed by atoms with Crippen LogP contribution in [0.4, 0.5) is 4.79 Å². The van der Waals surface area contributed by atoms with Crippen LogP contribution < -0.4 is 4.74 Å². The molecular formula is C23H22N3O3+. The van der Waals surface area contributed by atoms with Gasteiger partial charge in [-0.15, -0.1) is 4.99 Å². The molecule has 2 aliphatic heterocycles. The van der Waals surface area contributed by atoms with E-state index in [1.54, 1.807) is 30.1 Å². The molecule has 0 radical (unpaired) electrons. The van der Waals surface area contributed by atoms with E-state index in [9.17, 15) is 9.59 Å². The average molecular weight is 388 g/mol. The summed E-state index contributed by atoms with van der Waals surface area (Å²) in [4.78, 5) is 32.1. The van der Waals surface area contributed by atoms with E-state index < -0.39 is 5.92 Å². The minimum atomic E-state index is -0.571. The first kappa shape index (κ1) is 18.8. The summed E-state index contributed by atoms with van der Waals surface area (Å²) in [5, 5.41) is 0. The highest BCUT2D eigenvalue weighted by Crippen LogP contribution is 2.25. The molecule has 4 rings (SSSR count). The molecule has 0 aromatic heterocycles. The molecule has 146 valence electrons. The molecule has 0 spiro atoms. The summed E-state index contributed by atoms with van der Waals surface area (Å²) in [6.07, 6.45) is 5.14. The number of carbonyl (C=O) groups excluding carboxylic acids is 2. The van der Waals surface area contributed by atoms with Gasteiger partial charge in [-0.05, 0) is 24.6 Å². The first-order valence-corrected chi connectivity index (χ1v) is 9.46. The highest BCUT2D eigenvalue weighted by molar-refractivity contribution is 6.14. The van der Waals surface area contributed by atoms with Crippen LogP contribution in [0.5, 0.6) is 5.75 Å². The monoisotopic (exact) mass is 388 g/mol. The van der Waals surface area contributed by atoms with Crippen LogP contribution >= 0.6 is 0 Å². The summed E-state index contributed by atoms with van der Waals surface area (Å²) < 4.78 is 6.98. The van der Waals surface area contributed by atoms with Gasteiger partial charge < -0.3 is 4.74 Å². The van der Waals surface area contributed by atoms with Crippen LogP contribution in [-0.2, 0) is 17.9 Å². The Kier molecular flexibility index (Phi) is 5.08. The van der Waals surface area contributed by atoms with Crippen LogP contribution in [0, 0.1) is 12.8 Å². The Morgan fingerprint density at radius 3 is 2.62 bits per heavy atom. The van der Waals surface area contributed by atoms with Crippen LogP contribution in [0.25, 0.3) is 0 Å². The largest absolute Gasteiger partial charge is 0.496 e. The SMILES string of the molecule is COc1ccccc1CN1C(=O)C2C=CC=NC2=[N+](Cc2ccc(C)cc2)C1=O. The van der Waals surface area contributed by atoms with Crippen molar-refractivity contribution in [2.75, 3.05) is 7.11 Å². The number of ether oxygens (including phenoxy) is 1. The number of urea groups is 1. The molecule has 29 heavy (non-hydrogen) atoms. The van der Waals surface area contributed by atoms with E-state index in [-0.39, 0.29) is 18.5 Å². The molecule has 0 aliphatic carbocycles. The second-order valence-corrected chi connectivity index (χ2v) is 7.09. The Morgan fingerprint density at radius 2 is 1.86 bits per heavy atom. The average Bonchev–Trinajstić information content (AvgIpc) is 2.75. The van der Waals surface area contributed by atoms with Crippen LogP contribution in [0.15, 0.2) is 65.7 Å². The Labute approximate surface area is 169 Å². The summed E-state index contributed by atoms with van der Waals surface area (Å²) in [5.41, 5.74) is 2.90. The molecule has 1 atom stereocenters. The molecule has 2 aliphatic rings. The van der Waals surface area contributed by atoms with E-state index in [1.165, 1.54) is 4.90 Å². The van der Waals surface area contributed by atoms with Crippen LogP contribution in [-0.4, -0.2) is 40.6 Å². The number of methoxy groups -OCH3 is 1. The lowest BCUT2D eigenvalue weighted by Gasteiger charge is -2.27. The second-order valence-electron chi connectivity index (χ2n) is 7.09. The number of dihydropyridines is 1. The Balaban J connectivity index is 1.72. The number of amides is 3. The van der Waals surface area contributed by atoms with Gasteiger partial charge in [-0.2, -0.15) is 9.48 Å². The molecule has 0 bridgehead atoms. The molecule has 0 saturated heterocycles. The maximum atomic E-state index is 13.3. The van der Waals surface area contributed by atoms with Crippen LogP contribution in [0.2, 0.25) is 0 Å². The summed E-state index contributed by atoms with van der Waals surface area (Å²) in [7, 11) is 1.58. The molecule has 2 heterocycles. The molecule has 0 saturated carbocycles. The minimum absolute atomic E-state index is 0.146. The number of imide groups is 1. The third-order valence-electron chi connectivity index (χ3n) is 5.13. The lowest BCUT2D eigenvalue weighted by molar-refractivity contribution is -0.458. The molecule has 6 nitrogen and oxygen atoms in total. The zero-order valence-electron chi connectivity index (χ0n) is 16.4. The number of rotatable bonds is 5. The number of allylic oxidation sites excluding steroid dienone is 1. The van der Waals surface area contributed by atoms with Gasteiger partial charge in [-0.3, -0.25) is 4.79 Å². The first-order chi connectivity index (χ1) is 14.1. The number of para-hydroxylation sites is 1. The number of aryl methyl sites for hydroxylation is 1. The summed E-state index contributed by atoms with van der Waals surface area (Å²) in [5.74, 6) is 0.270. The van der Waals surface area contributed by atoms with E-state index in [1.807, 2.05) is 55.5 Å². The molecule has 6 heteroatoms. The van der Waals surface area contributed by atoms with Gasteiger partial charge in [0, 0.05) is 5.56 Å². The smallest absolute Gasteiger partial charge is 0.446 e. The third kappa shape index (κ3) is 3.61. The zero-order chi connectivity index (χ0) is 20.4. The predicted octanol–water partition coefficient (Wildman–Crippen LogP) is 3.33. The second kappa shape index (κ2) is 7.83. The minimum Gasteiger partial charge on any atom is -0.496 e. The predicted molar refractivity (Wildman–Crippen MR) is 110 cm³/mol. The van der Waals surface area contributed by atoms with Gasteiger partial charge >= 0.3 is 11.9 Å². The lowest BCUT2D eigenvalue weighted by Crippen LogP contribution is -2.53. The van der Waals surface area contributed by atoms with Crippen molar-refractivity contribution >= 4 is 24.0 Å². The van der Waals surface area contributed by atoms with E-state index in [4.69, 9.17) is 4.74 Å². The van der Waals surface area contributed by atoms with Gasteiger partial charge in [0.2, 0.25) is 0 Å². The van der Waals surface area contributed by atoms with Gasteiger partial charge in [0.1, 0.15) is 25.1 Å². The summed E-state index contributed by atoms with van der Waals surface area (Å²) in [6, 6.07) is 15.0. The Bertz CT molecular complexity index is 1050. The summed E-state index contributed by atoms with van der Waals surface area (Å²) in [6.45, 7) is 2.52. The van der Waals surface area contributed by atoms with E-state index in [0.29, 0.717) is 18.1 Å². The normalized spacial score (nSPS) is 18.3. The van der Waals surface area contributed by atoms with Crippen molar-refractivity contribution in [1.82, 2.24) is 4.90 Å². The van der Waals surface area contributed by atoms with Crippen LogP contribution in [0.1, 0.15) is 16.7 Å². The number of hydrogen-bond acceptors (Lipinski definition) is 4. The molecule has 3 amide bonds. The van der Waals surface area contributed by atoms with Gasteiger partial charge in [0.25, 0.3) is 5.84 Å². The number of carbonyl (C=O) groups is 2. The lowest BCUT2D eigenvalue weighted by atomic mass is 10.0. The number of benzene rings is 2. The number of fused-ring (bicyclic) bond motifs is 1. The first-order valence-electron chi connectivity index (χ1n) is 9.46. The van der Waals surface area contributed by atoms with Crippen molar-refractivity contribution in [3.63, 3.8) is 0 Å². The summed E-state index contributed by atoms with van der Waals surface area (Å²) >= 11 is 0.